The first-order valence-corrected chi connectivity index (χ1v) is 9.02. The van der Waals surface area contributed by atoms with E-state index in [4.69, 9.17) is 11.6 Å². The number of carbonyl (C=O) groups excluding carboxylic acids is 2. The highest BCUT2D eigenvalue weighted by molar-refractivity contribution is 6.30. The lowest BCUT2D eigenvalue weighted by molar-refractivity contribution is 0.0600. The van der Waals surface area contributed by atoms with Gasteiger partial charge in [-0.15, -0.1) is 12.4 Å². The number of ether oxygens (including phenoxy) is 1. The molecule has 0 unspecified atom stereocenters. The molecule has 0 spiro atoms. The number of pyridine rings is 1. The number of esters is 1. The Morgan fingerprint density at radius 1 is 1.25 bits per heavy atom. The van der Waals surface area contributed by atoms with Crippen molar-refractivity contribution in [2.24, 2.45) is 0 Å². The molecule has 9 heteroatoms. The number of hydrogen-bond acceptors (Lipinski definition) is 5. The number of nitrogens with one attached hydrogen (secondary N) is 1. The van der Waals surface area contributed by atoms with E-state index in [1.165, 1.54) is 13.3 Å². The van der Waals surface area contributed by atoms with E-state index in [0.29, 0.717) is 35.1 Å². The molecule has 1 aromatic carbocycles. The first kappa shape index (κ1) is 21.9. The lowest BCUT2D eigenvalue weighted by Crippen LogP contribution is -2.51. The molecule has 3 rings (SSSR count). The molecule has 1 aromatic heterocycles. The Kier molecular flexibility index (Phi) is 8.04. The fraction of sp³-hybridized carbons (Fsp3) is 0.316. The van der Waals surface area contributed by atoms with Gasteiger partial charge in [0.1, 0.15) is 0 Å². The number of aromatic nitrogens is 1. The smallest absolute Gasteiger partial charge is 0.339 e. The molecule has 1 fully saturated rings. The molecule has 150 valence electrons. The molecule has 1 saturated heterocycles. The van der Waals surface area contributed by atoms with Crippen LogP contribution in [0.2, 0.25) is 5.02 Å². The molecule has 1 aliphatic rings. The number of piperazine rings is 1. The van der Waals surface area contributed by atoms with Gasteiger partial charge in [0.2, 0.25) is 0 Å². The second-order valence-corrected chi connectivity index (χ2v) is 6.55. The summed E-state index contributed by atoms with van der Waals surface area (Å²) in [6.07, 6.45) is 1.45. The Labute approximate surface area is 175 Å². The average molecular weight is 425 g/mol. The zero-order chi connectivity index (χ0) is 19.2. The Morgan fingerprint density at radius 3 is 2.61 bits per heavy atom. The van der Waals surface area contributed by atoms with E-state index in [1.807, 2.05) is 12.1 Å². The highest BCUT2D eigenvalue weighted by atomic mass is 35.5. The van der Waals surface area contributed by atoms with Crippen LogP contribution in [0.1, 0.15) is 16.1 Å². The molecule has 2 aromatic rings. The number of nitrogens with zero attached hydrogens (tertiary/aromatic N) is 3. The molecule has 0 radical (unpaired) electrons. The van der Waals surface area contributed by atoms with Crippen molar-refractivity contribution in [3.05, 3.63) is 58.9 Å². The zero-order valence-corrected chi connectivity index (χ0v) is 17.0. The monoisotopic (exact) mass is 424 g/mol. The number of anilines is 1. The van der Waals surface area contributed by atoms with E-state index >= 15 is 0 Å². The van der Waals surface area contributed by atoms with Crippen molar-refractivity contribution in [1.29, 1.82) is 0 Å². The summed E-state index contributed by atoms with van der Waals surface area (Å²) >= 11 is 6.13. The summed E-state index contributed by atoms with van der Waals surface area (Å²) in [5.41, 5.74) is 1.72. The minimum atomic E-state index is -0.447. The van der Waals surface area contributed by atoms with Gasteiger partial charge < -0.3 is 15.0 Å². The zero-order valence-electron chi connectivity index (χ0n) is 15.4. The van der Waals surface area contributed by atoms with Crippen LogP contribution in [0.5, 0.6) is 0 Å². The van der Waals surface area contributed by atoms with Gasteiger partial charge in [0, 0.05) is 43.1 Å². The van der Waals surface area contributed by atoms with Crippen molar-refractivity contribution >= 4 is 41.7 Å². The van der Waals surface area contributed by atoms with Crippen molar-refractivity contribution in [2.45, 2.75) is 6.54 Å². The van der Waals surface area contributed by atoms with Gasteiger partial charge in [0.25, 0.3) is 0 Å². The summed E-state index contributed by atoms with van der Waals surface area (Å²) in [5, 5.41) is 3.79. The van der Waals surface area contributed by atoms with Gasteiger partial charge in [-0.25, -0.2) is 9.59 Å². The van der Waals surface area contributed by atoms with E-state index in [0.717, 1.165) is 13.1 Å². The van der Waals surface area contributed by atoms with Gasteiger partial charge in [0.05, 0.1) is 24.9 Å². The molecule has 0 atom stereocenters. The van der Waals surface area contributed by atoms with Gasteiger partial charge in [-0.2, -0.15) is 0 Å². The average Bonchev–Trinajstić information content (AvgIpc) is 2.72. The maximum atomic E-state index is 13.1. The second-order valence-electron chi connectivity index (χ2n) is 6.12. The van der Waals surface area contributed by atoms with E-state index in [1.54, 1.807) is 34.1 Å². The number of carbonyl (C=O) groups is 2. The maximum Gasteiger partial charge on any atom is 0.339 e. The van der Waals surface area contributed by atoms with Crippen LogP contribution in [0.3, 0.4) is 0 Å². The third kappa shape index (κ3) is 5.34. The van der Waals surface area contributed by atoms with Gasteiger partial charge in [-0.1, -0.05) is 17.7 Å². The maximum absolute atomic E-state index is 13.1. The third-order valence-electron chi connectivity index (χ3n) is 4.30. The van der Waals surface area contributed by atoms with Crippen LogP contribution in [0.15, 0.2) is 42.6 Å². The largest absolute Gasteiger partial charge is 0.465 e. The summed E-state index contributed by atoms with van der Waals surface area (Å²) < 4.78 is 4.69. The molecular formula is C19H22Cl2N4O3. The van der Waals surface area contributed by atoms with Crippen molar-refractivity contribution in [1.82, 2.24) is 15.2 Å². The van der Waals surface area contributed by atoms with Crippen LogP contribution in [0.25, 0.3) is 0 Å². The number of hydrogen-bond donors (Lipinski definition) is 1. The van der Waals surface area contributed by atoms with E-state index in [2.05, 4.69) is 15.0 Å². The summed E-state index contributed by atoms with van der Waals surface area (Å²) in [4.78, 5) is 32.4. The molecule has 0 bridgehead atoms. The van der Waals surface area contributed by atoms with Crippen LogP contribution in [0.4, 0.5) is 10.5 Å². The minimum Gasteiger partial charge on any atom is -0.465 e. The molecule has 2 amide bonds. The number of methoxy groups -OCH3 is 1. The first-order chi connectivity index (χ1) is 13.1. The number of benzene rings is 1. The predicted octanol–water partition coefficient (Wildman–Crippen LogP) is 2.98. The second kappa shape index (κ2) is 10.3. The lowest BCUT2D eigenvalue weighted by Gasteiger charge is -2.33. The summed E-state index contributed by atoms with van der Waals surface area (Å²) in [6.45, 7) is 3.09. The van der Waals surface area contributed by atoms with Crippen molar-refractivity contribution in [3.63, 3.8) is 0 Å². The Balaban J connectivity index is 0.00000280. The number of urea groups is 1. The van der Waals surface area contributed by atoms with E-state index < -0.39 is 5.97 Å². The van der Waals surface area contributed by atoms with Gasteiger partial charge in [0.15, 0.2) is 0 Å². The molecule has 0 saturated carbocycles. The third-order valence-corrected chi connectivity index (χ3v) is 4.54. The van der Waals surface area contributed by atoms with Crippen molar-refractivity contribution in [2.75, 3.05) is 38.2 Å². The van der Waals surface area contributed by atoms with Crippen molar-refractivity contribution in [3.8, 4) is 0 Å². The molecule has 0 aliphatic carbocycles. The summed E-state index contributed by atoms with van der Waals surface area (Å²) in [5.74, 6) is -0.447. The molecule has 7 nitrogen and oxygen atoms in total. The highest BCUT2D eigenvalue weighted by Gasteiger charge is 2.24. The van der Waals surface area contributed by atoms with Crippen molar-refractivity contribution < 1.29 is 14.3 Å². The standard InChI is InChI=1S/C19H21ClN4O3.ClH/c1-27-18(25)14-5-6-16(22-12-14)13-24(17-4-2-3-15(20)11-17)19(26)23-9-7-21-8-10-23;/h2-6,11-12,21H,7-10,13H2,1H3;1H. The van der Waals surface area contributed by atoms with Crippen LogP contribution in [-0.4, -0.2) is 55.2 Å². The Hall–Kier alpha value is -2.35. The number of rotatable bonds is 4. The highest BCUT2D eigenvalue weighted by Crippen LogP contribution is 2.23. The fourth-order valence-electron chi connectivity index (χ4n) is 2.86. The first-order valence-electron chi connectivity index (χ1n) is 8.64. The topological polar surface area (TPSA) is 74.8 Å². The molecule has 1 N–H and O–H groups in total. The molecule has 1 aliphatic heterocycles. The van der Waals surface area contributed by atoms with Crippen LogP contribution < -0.4 is 10.2 Å². The summed E-state index contributed by atoms with van der Waals surface area (Å²) in [7, 11) is 1.32. The molecule has 28 heavy (non-hydrogen) atoms. The predicted molar refractivity (Wildman–Crippen MR) is 110 cm³/mol. The van der Waals surface area contributed by atoms with Gasteiger partial charge in [-0.3, -0.25) is 9.88 Å². The van der Waals surface area contributed by atoms with E-state index in [9.17, 15) is 9.59 Å². The number of amides is 2. The molecule has 2 heterocycles. The fourth-order valence-corrected chi connectivity index (χ4v) is 3.04. The lowest BCUT2D eigenvalue weighted by atomic mass is 10.2. The molecular weight excluding hydrogens is 403 g/mol. The minimum absolute atomic E-state index is 0. The SMILES string of the molecule is COC(=O)c1ccc(CN(C(=O)N2CCNCC2)c2cccc(Cl)c2)nc1.Cl. The Bertz CT molecular complexity index is 811. The number of halogens is 2. The quantitative estimate of drug-likeness (QED) is 0.763. The van der Waals surface area contributed by atoms with Crippen LogP contribution in [-0.2, 0) is 11.3 Å². The van der Waals surface area contributed by atoms with Gasteiger partial charge in [-0.05, 0) is 30.3 Å². The normalized spacial score (nSPS) is 13.4. The van der Waals surface area contributed by atoms with Gasteiger partial charge >= 0.3 is 12.0 Å². The van der Waals surface area contributed by atoms with Crippen LogP contribution >= 0.6 is 24.0 Å². The summed E-state index contributed by atoms with van der Waals surface area (Å²) in [6, 6.07) is 10.4. The van der Waals surface area contributed by atoms with E-state index in [-0.39, 0.29) is 25.0 Å². The van der Waals surface area contributed by atoms with Crippen LogP contribution in [0, 0.1) is 0 Å². The Morgan fingerprint density at radius 2 is 2.00 bits per heavy atom.